The molecule has 2 N–H and O–H groups in total. The summed E-state index contributed by atoms with van der Waals surface area (Å²) in [4.78, 5) is 23.1. The Morgan fingerprint density at radius 2 is 1.90 bits per heavy atom. The van der Waals surface area contributed by atoms with E-state index in [4.69, 9.17) is 4.74 Å². The Kier molecular flexibility index (Phi) is 6.23. The van der Waals surface area contributed by atoms with E-state index in [1.807, 2.05) is 0 Å². The highest BCUT2D eigenvalue weighted by Gasteiger charge is 2.43. The number of carboxylic acids is 1. The lowest BCUT2D eigenvalue weighted by molar-refractivity contribution is -0.161. The summed E-state index contributed by atoms with van der Waals surface area (Å²) in [6, 6.07) is 4.57. The van der Waals surface area contributed by atoms with Crippen LogP contribution < -0.4 is 0 Å². The molecule has 1 aliphatic heterocycles. The lowest BCUT2D eigenvalue weighted by atomic mass is 10.0. The fraction of sp³-hybridized carbons (Fsp3) is 0.368. The van der Waals surface area contributed by atoms with Gasteiger partial charge in [0.15, 0.2) is 0 Å². The van der Waals surface area contributed by atoms with Crippen LogP contribution in [0.25, 0.3) is 11.3 Å². The van der Waals surface area contributed by atoms with Crippen molar-refractivity contribution in [3.8, 4) is 11.3 Å². The summed E-state index contributed by atoms with van der Waals surface area (Å²) in [5, 5.41) is 19.1. The second kappa shape index (κ2) is 8.38. The topological polar surface area (TPSA) is 88.8 Å². The number of carboxylic acid groups (broad SMARTS) is 1. The van der Waals surface area contributed by atoms with E-state index in [0.717, 1.165) is 16.7 Å². The largest absolute Gasteiger partial charge is 0.478 e. The van der Waals surface area contributed by atoms with Crippen LogP contribution in [0.1, 0.15) is 35.3 Å². The smallest absolute Gasteiger partial charge is 0.432 e. The molecule has 3 rings (SSSR count). The molecule has 30 heavy (non-hydrogen) atoms. The van der Waals surface area contributed by atoms with E-state index in [-0.39, 0.29) is 41.5 Å². The Balaban J connectivity index is 2.10. The molecule has 2 heterocycles. The number of aliphatic hydroxyl groups is 1. The zero-order chi connectivity index (χ0) is 22.2. The van der Waals surface area contributed by atoms with Crippen LogP contribution in [0.5, 0.6) is 0 Å². The Morgan fingerprint density at radius 3 is 2.43 bits per heavy atom. The van der Waals surface area contributed by atoms with Gasteiger partial charge in [-0.3, -0.25) is 4.79 Å². The summed E-state index contributed by atoms with van der Waals surface area (Å²) >= 11 is 2.97. The van der Waals surface area contributed by atoms with Crippen molar-refractivity contribution in [3.05, 3.63) is 45.8 Å². The van der Waals surface area contributed by atoms with Gasteiger partial charge in [-0.1, -0.05) is 0 Å². The minimum atomic E-state index is -5.00. The van der Waals surface area contributed by atoms with Gasteiger partial charge in [0.05, 0.1) is 22.7 Å². The monoisotopic (exact) mass is 493 g/mol. The number of ether oxygens (including phenoxy) is 1. The molecule has 11 heteroatoms. The van der Waals surface area contributed by atoms with Crippen LogP contribution in [-0.2, 0) is 22.3 Å². The van der Waals surface area contributed by atoms with Crippen LogP contribution in [0, 0.1) is 5.82 Å². The molecule has 0 bridgehead atoms. The maximum Gasteiger partial charge on any atom is 0.432 e. The molecule has 0 spiro atoms. The average Bonchev–Trinajstić information content (AvgIpc) is 2.93. The standard InChI is InChI=1S/C19H16BrF4NO5/c20-15-14(18(28)29)17(19(22,23)24)25(16(15)9-1-3-10(21)4-2-9)6-5-12-7-11(26)8-13(27)30-12/h1-4,11-12,26H,5-8H2,(H,28,29). The summed E-state index contributed by atoms with van der Waals surface area (Å²) in [5.74, 6) is -3.05. The highest BCUT2D eigenvalue weighted by Crippen LogP contribution is 2.43. The van der Waals surface area contributed by atoms with Crippen molar-refractivity contribution in [2.24, 2.45) is 0 Å². The van der Waals surface area contributed by atoms with Crippen molar-refractivity contribution in [2.45, 2.75) is 44.2 Å². The molecular formula is C19H16BrF4NO5. The highest BCUT2D eigenvalue weighted by atomic mass is 79.9. The molecule has 1 saturated heterocycles. The zero-order valence-corrected chi connectivity index (χ0v) is 16.8. The summed E-state index contributed by atoms with van der Waals surface area (Å²) in [7, 11) is 0. The average molecular weight is 494 g/mol. The molecule has 0 saturated carbocycles. The van der Waals surface area contributed by atoms with E-state index < -0.39 is 47.4 Å². The van der Waals surface area contributed by atoms with Crippen LogP contribution in [-0.4, -0.2) is 38.9 Å². The number of aromatic carboxylic acids is 1. The van der Waals surface area contributed by atoms with Gasteiger partial charge < -0.3 is 19.5 Å². The SMILES string of the molecule is O=C1CC(O)CC(CCn2c(-c3ccc(F)cc3)c(Br)c(C(=O)O)c2C(F)(F)F)O1. The summed E-state index contributed by atoms with van der Waals surface area (Å²) in [6.07, 6.45) is -6.99. The van der Waals surface area contributed by atoms with Gasteiger partial charge in [0.1, 0.15) is 23.2 Å². The van der Waals surface area contributed by atoms with Gasteiger partial charge in [0.25, 0.3) is 0 Å². The summed E-state index contributed by atoms with van der Waals surface area (Å²) in [5.41, 5.74) is -2.28. The molecule has 0 amide bonds. The van der Waals surface area contributed by atoms with Crippen LogP contribution in [0.3, 0.4) is 0 Å². The van der Waals surface area contributed by atoms with E-state index in [1.165, 1.54) is 12.1 Å². The predicted octanol–water partition coefficient (Wildman–Crippen LogP) is 4.23. The van der Waals surface area contributed by atoms with E-state index in [9.17, 15) is 37.4 Å². The van der Waals surface area contributed by atoms with E-state index in [1.54, 1.807) is 0 Å². The number of hydrogen-bond acceptors (Lipinski definition) is 4. The normalized spacial score (nSPS) is 19.6. The number of carbonyl (C=O) groups is 2. The molecule has 0 aliphatic carbocycles. The first kappa shape index (κ1) is 22.3. The van der Waals surface area contributed by atoms with Crippen LogP contribution in [0.4, 0.5) is 17.6 Å². The van der Waals surface area contributed by atoms with Crippen molar-refractivity contribution in [2.75, 3.05) is 0 Å². The third-order valence-corrected chi connectivity index (χ3v) is 5.49. The second-order valence-electron chi connectivity index (χ2n) is 6.84. The number of esters is 1. The lowest BCUT2D eigenvalue weighted by Gasteiger charge is -2.27. The molecule has 1 fully saturated rings. The van der Waals surface area contributed by atoms with E-state index in [2.05, 4.69) is 15.9 Å². The minimum Gasteiger partial charge on any atom is -0.478 e. The first-order chi connectivity index (χ1) is 14.0. The second-order valence-corrected chi connectivity index (χ2v) is 7.63. The Bertz CT molecular complexity index is 971. The van der Waals surface area contributed by atoms with Crippen LogP contribution in [0.2, 0.25) is 0 Å². The maximum absolute atomic E-state index is 13.8. The maximum atomic E-state index is 13.8. The Hall–Kier alpha value is -2.40. The quantitative estimate of drug-likeness (QED) is 0.480. The van der Waals surface area contributed by atoms with Gasteiger partial charge in [-0.25, -0.2) is 9.18 Å². The van der Waals surface area contributed by atoms with Crippen molar-refractivity contribution >= 4 is 27.9 Å². The molecule has 2 aromatic rings. The molecule has 2 atom stereocenters. The van der Waals surface area contributed by atoms with Gasteiger partial charge in [-0.15, -0.1) is 0 Å². The van der Waals surface area contributed by atoms with Crippen LogP contribution >= 0.6 is 15.9 Å². The Morgan fingerprint density at radius 1 is 1.27 bits per heavy atom. The van der Waals surface area contributed by atoms with Crippen molar-refractivity contribution in [1.82, 2.24) is 4.57 Å². The number of carbonyl (C=O) groups excluding carboxylic acids is 1. The third kappa shape index (κ3) is 4.51. The minimum absolute atomic E-state index is 0.0627. The number of rotatable bonds is 5. The van der Waals surface area contributed by atoms with Gasteiger partial charge in [-0.05, 0) is 45.8 Å². The number of aliphatic hydroxyl groups excluding tert-OH is 1. The first-order valence-electron chi connectivity index (χ1n) is 8.85. The van der Waals surface area contributed by atoms with Gasteiger partial charge in [0.2, 0.25) is 0 Å². The molecular weight excluding hydrogens is 478 g/mol. The van der Waals surface area contributed by atoms with Gasteiger partial charge >= 0.3 is 18.1 Å². The lowest BCUT2D eigenvalue weighted by Crippen LogP contribution is -2.33. The Labute approximate surface area is 176 Å². The van der Waals surface area contributed by atoms with Gasteiger partial charge in [0, 0.05) is 19.4 Å². The number of nitrogens with zero attached hydrogens (tertiary/aromatic N) is 1. The summed E-state index contributed by atoms with van der Waals surface area (Å²) < 4.78 is 60.4. The predicted molar refractivity (Wildman–Crippen MR) is 99.2 cm³/mol. The fourth-order valence-corrected chi connectivity index (χ4v) is 4.30. The van der Waals surface area contributed by atoms with E-state index >= 15 is 0 Å². The van der Waals surface area contributed by atoms with Crippen LogP contribution in [0.15, 0.2) is 28.7 Å². The molecule has 1 aliphatic rings. The first-order valence-corrected chi connectivity index (χ1v) is 9.64. The molecule has 162 valence electrons. The molecule has 1 aromatic carbocycles. The van der Waals surface area contributed by atoms with Crippen molar-refractivity contribution < 1.29 is 42.1 Å². The molecule has 0 radical (unpaired) electrons. The van der Waals surface area contributed by atoms with E-state index in [0.29, 0.717) is 0 Å². The van der Waals surface area contributed by atoms with Gasteiger partial charge in [-0.2, -0.15) is 13.2 Å². The number of aromatic nitrogens is 1. The number of halogens is 5. The number of hydrogen-bond donors (Lipinski definition) is 2. The number of cyclic esters (lactones) is 1. The highest BCUT2D eigenvalue weighted by molar-refractivity contribution is 9.10. The number of alkyl halides is 3. The zero-order valence-electron chi connectivity index (χ0n) is 15.2. The summed E-state index contributed by atoms with van der Waals surface area (Å²) in [6.45, 7) is -0.349. The molecule has 2 unspecified atom stereocenters. The van der Waals surface area contributed by atoms with Crippen molar-refractivity contribution in [1.29, 1.82) is 0 Å². The number of benzene rings is 1. The third-order valence-electron chi connectivity index (χ3n) is 4.71. The fourth-order valence-electron chi connectivity index (χ4n) is 3.50. The molecule has 6 nitrogen and oxygen atoms in total. The molecule has 1 aromatic heterocycles. The van der Waals surface area contributed by atoms with Crippen molar-refractivity contribution in [3.63, 3.8) is 0 Å².